The summed E-state index contributed by atoms with van der Waals surface area (Å²) in [6.45, 7) is 1.54. The summed E-state index contributed by atoms with van der Waals surface area (Å²) in [6, 6.07) is 15.0. The molecule has 132 valence electrons. The smallest absolute Gasteiger partial charge is 0.338 e. The van der Waals surface area contributed by atoms with Crippen molar-refractivity contribution in [1.29, 1.82) is 0 Å². The summed E-state index contributed by atoms with van der Waals surface area (Å²) in [4.78, 5) is 43.6. The van der Waals surface area contributed by atoms with E-state index in [-0.39, 0.29) is 5.84 Å². The number of hydrogen-bond acceptors (Lipinski definition) is 5. The second-order valence-corrected chi connectivity index (χ2v) is 5.69. The zero-order valence-corrected chi connectivity index (χ0v) is 14.4. The first-order valence-corrected chi connectivity index (χ1v) is 7.94. The van der Waals surface area contributed by atoms with Gasteiger partial charge in [0.2, 0.25) is 5.84 Å². The molecule has 7 heteroatoms. The van der Waals surface area contributed by atoms with Gasteiger partial charge in [-0.1, -0.05) is 35.9 Å². The van der Waals surface area contributed by atoms with Crippen LogP contribution in [0.4, 0.5) is 16.2 Å². The Kier molecular flexibility index (Phi) is 4.79. The maximum absolute atomic E-state index is 12.8. The number of esters is 1. The molecule has 1 fully saturated rings. The first-order valence-electron chi connectivity index (χ1n) is 7.94. The molecular weight excluding hydrogens is 334 g/mol. The summed E-state index contributed by atoms with van der Waals surface area (Å²) in [5.41, 5.74) is 1.96. The van der Waals surface area contributed by atoms with Gasteiger partial charge in [0.1, 0.15) is 6.54 Å². The maximum Gasteiger partial charge on any atom is 0.338 e. The van der Waals surface area contributed by atoms with E-state index in [1.807, 2.05) is 19.1 Å². The minimum absolute atomic E-state index is 0.117. The van der Waals surface area contributed by atoms with Gasteiger partial charge >= 0.3 is 17.9 Å². The van der Waals surface area contributed by atoms with Gasteiger partial charge in [-0.25, -0.2) is 14.7 Å². The molecule has 0 atom stereocenters. The van der Waals surface area contributed by atoms with Gasteiger partial charge in [0.25, 0.3) is 0 Å². The van der Waals surface area contributed by atoms with Gasteiger partial charge in [-0.3, -0.25) is 14.5 Å². The number of anilines is 1. The van der Waals surface area contributed by atoms with Crippen molar-refractivity contribution in [1.82, 2.24) is 4.90 Å². The molecule has 1 aliphatic rings. The predicted molar refractivity (Wildman–Crippen MR) is 96.3 cm³/mol. The van der Waals surface area contributed by atoms with Crippen LogP contribution in [-0.4, -0.2) is 42.3 Å². The summed E-state index contributed by atoms with van der Waals surface area (Å²) < 4.78 is 4.63. The van der Waals surface area contributed by atoms with Gasteiger partial charge in [0.05, 0.1) is 18.5 Å². The summed E-state index contributed by atoms with van der Waals surface area (Å²) in [5.74, 6) is -1.35. The Labute approximate surface area is 150 Å². The van der Waals surface area contributed by atoms with Crippen molar-refractivity contribution in [3.8, 4) is 0 Å². The fourth-order valence-corrected chi connectivity index (χ4v) is 2.50. The summed E-state index contributed by atoms with van der Waals surface area (Å²) in [6.07, 6.45) is 0. The van der Waals surface area contributed by atoms with Gasteiger partial charge in [0, 0.05) is 0 Å². The molecule has 1 saturated heterocycles. The van der Waals surface area contributed by atoms with E-state index < -0.39 is 24.5 Å². The van der Waals surface area contributed by atoms with E-state index in [1.165, 1.54) is 7.11 Å². The van der Waals surface area contributed by atoms with Crippen LogP contribution in [0.15, 0.2) is 59.6 Å². The predicted octanol–water partition coefficient (Wildman–Crippen LogP) is 2.67. The highest BCUT2D eigenvalue weighted by Crippen LogP contribution is 2.24. The zero-order valence-electron chi connectivity index (χ0n) is 14.4. The van der Waals surface area contributed by atoms with E-state index in [2.05, 4.69) is 9.73 Å². The first kappa shape index (κ1) is 17.3. The van der Waals surface area contributed by atoms with Crippen LogP contribution in [0.3, 0.4) is 0 Å². The SMILES string of the molecule is COC(=O)CN1C(=O)N(c2ccccc2)C(=O)C1=Nc1ccc(C)cc1. The van der Waals surface area contributed by atoms with Crippen molar-refractivity contribution in [3.63, 3.8) is 0 Å². The molecule has 0 aliphatic carbocycles. The number of aliphatic imine (C=N–C) groups is 1. The number of amides is 3. The number of ether oxygens (including phenoxy) is 1. The van der Waals surface area contributed by atoms with Gasteiger partial charge in [-0.2, -0.15) is 0 Å². The summed E-state index contributed by atoms with van der Waals surface area (Å²) >= 11 is 0. The van der Waals surface area contributed by atoms with Crippen LogP contribution < -0.4 is 4.90 Å². The van der Waals surface area contributed by atoms with E-state index >= 15 is 0 Å². The highest BCUT2D eigenvalue weighted by atomic mass is 16.5. The number of methoxy groups -OCH3 is 1. The Hall–Kier alpha value is -3.48. The number of amidine groups is 1. The van der Waals surface area contributed by atoms with Crippen molar-refractivity contribution < 1.29 is 19.1 Å². The molecule has 0 aromatic heterocycles. The number of rotatable bonds is 4. The van der Waals surface area contributed by atoms with Crippen LogP contribution in [-0.2, 0) is 14.3 Å². The monoisotopic (exact) mass is 351 g/mol. The highest BCUT2D eigenvalue weighted by Gasteiger charge is 2.44. The number of nitrogens with zero attached hydrogens (tertiary/aromatic N) is 3. The lowest BCUT2D eigenvalue weighted by atomic mass is 10.2. The van der Waals surface area contributed by atoms with E-state index in [4.69, 9.17) is 0 Å². The molecule has 26 heavy (non-hydrogen) atoms. The third-order valence-corrected chi connectivity index (χ3v) is 3.87. The van der Waals surface area contributed by atoms with Gasteiger partial charge < -0.3 is 4.74 Å². The number of carbonyl (C=O) groups excluding carboxylic acids is 3. The number of para-hydroxylation sites is 1. The molecule has 0 spiro atoms. The zero-order chi connectivity index (χ0) is 18.7. The molecule has 0 radical (unpaired) electrons. The molecule has 0 N–H and O–H groups in total. The molecule has 1 heterocycles. The van der Waals surface area contributed by atoms with Crippen molar-refractivity contribution in [2.45, 2.75) is 6.92 Å². The Balaban J connectivity index is 2.03. The largest absolute Gasteiger partial charge is 0.468 e. The van der Waals surface area contributed by atoms with Crippen LogP contribution in [0.2, 0.25) is 0 Å². The lowest BCUT2D eigenvalue weighted by Gasteiger charge is -2.15. The molecule has 0 saturated carbocycles. The number of imide groups is 1. The Morgan fingerprint density at radius 3 is 2.31 bits per heavy atom. The van der Waals surface area contributed by atoms with E-state index in [0.29, 0.717) is 11.4 Å². The number of hydrogen-bond donors (Lipinski definition) is 0. The summed E-state index contributed by atoms with van der Waals surface area (Å²) in [5, 5.41) is 0. The Morgan fingerprint density at radius 1 is 1.04 bits per heavy atom. The van der Waals surface area contributed by atoms with E-state index in [1.54, 1.807) is 42.5 Å². The van der Waals surface area contributed by atoms with Crippen LogP contribution in [0.1, 0.15) is 5.56 Å². The minimum atomic E-state index is -0.641. The number of benzene rings is 2. The van der Waals surface area contributed by atoms with Crippen molar-refractivity contribution >= 4 is 35.1 Å². The lowest BCUT2D eigenvalue weighted by molar-refractivity contribution is -0.140. The van der Waals surface area contributed by atoms with Gasteiger partial charge in [-0.05, 0) is 31.2 Å². The average Bonchev–Trinajstić information content (AvgIpc) is 2.88. The molecule has 2 aromatic carbocycles. The molecule has 0 unspecified atom stereocenters. The van der Waals surface area contributed by atoms with Crippen LogP contribution in [0, 0.1) is 6.92 Å². The van der Waals surface area contributed by atoms with Crippen LogP contribution in [0.5, 0.6) is 0 Å². The maximum atomic E-state index is 12.8. The molecular formula is C19H17N3O4. The fourth-order valence-electron chi connectivity index (χ4n) is 2.50. The molecule has 2 aromatic rings. The van der Waals surface area contributed by atoms with Gasteiger partial charge in [-0.15, -0.1) is 0 Å². The minimum Gasteiger partial charge on any atom is -0.468 e. The number of aryl methyl sites for hydroxylation is 1. The van der Waals surface area contributed by atoms with Crippen LogP contribution in [0.25, 0.3) is 0 Å². The van der Waals surface area contributed by atoms with Crippen molar-refractivity contribution in [2.24, 2.45) is 4.99 Å². The van der Waals surface area contributed by atoms with E-state index in [0.717, 1.165) is 15.4 Å². The quantitative estimate of drug-likeness (QED) is 0.627. The second-order valence-electron chi connectivity index (χ2n) is 5.69. The third-order valence-electron chi connectivity index (χ3n) is 3.87. The van der Waals surface area contributed by atoms with Crippen LogP contribution >= 0.6 is 0 Å². The van der Waals surface area contributed by atoms with Gasteiger partial charge in [0.15, 0.2) is 0 Å². The fraction of sp³-hybridized carbons (Fsp3) is 0.158. The standard InChI is InChI=1S/C19H17N3O4/c1-13-8-10-14(11-9-13)20-17-18(24)22(15-6-4-3-5-7-15)19(25)21(17)12-16(23)26-2/h3-11H,12H2,1-2H3. The normalized spacial score (nSPS) is 15.7. The topological polar surface area (TPSA) is 79.3 Å². The third kappa shape index (κ3) is 3.32. The van der Waals surface area contributed by atoms with Crippen molar-refractivity contribution in [2.75, 3.05) is 18.6 Å². The second kappa shape index (κ2) is 7.18. The molecule has 3 amide bonds. The molecule has 3 rings (SSSR count). The molecule has 0 bridgehead atoms. The van der Waals surface area contributed by atoms with Crippen molar-refractivity contribution in [3.05, 3.63) is 60.2 Å². The first-order chi connectivity index (χ1) is 12.5. The number of carbonyl (C=O) groups is 3. The molecule has 7 nitrogen and oxygen atoms in total. The lowest BCUT2D eigenvalue weighted by Crippen LogP contribution is -2.37. The Morgan fingerprint density at radius 2 is 1.69 bits per heavy atom. The summed E-state index contributed by atoms with van der Waals surface area (Å²) in [7, 11) is 1.22. The average molecular weight is 351 g/mol. The number of urea groups is 1. The highest BCUT2D eigenvalue weighted by molar-refractivity contribution is 6.55. The van der Waals surface area contributed by atoms with E-state index in [9.17, 15) is 14.4 Å². The molecule has 1 aliphatic heterocycles. The Bertz CT molecular complexity index is 875.